The summed E-state index contributed by atoms with van der Waals surface area (Å²) in [5.74, 6) is 6.94. The molecule has 0 spiro atoms. The fraction of sp³-hybridized carbons (Fsp3) is 0.258. The third-order valence-electron chi connectivity index (χ3n) is 6.52. The highest BCUT2D eigenvalue weighted by atomic mass is 16.5. The van der Waals surface area contributed by atoms with Crippen molar-refractivity contribution in [3.05, 3.63) is 88.5 Å². The second kappa shape index (κ2) is 14.0. The van der Waals surface area contributed by atoms with Crippen LogP contribution in [0.3, 0.4) is 0 Å². The topological polar surface area (TPSA) is 147 Å². The predicted molar refractivity (Wildman–Crippen MR) is 165 cm³/mol. The Hall–Kier alpha value is -5.05. The number of benzene rings is 2. The van der Waals surface area contributed by atoms with Crippen LogP contribution in [-0.2, 0) is 18.2 Å². The van der Waals surface area contributed by atoms with Gasteiger partial charge in [-0.15, -0.1) is 0 Å². The lowest BCUT2D eigenvalue weighted by Gasteiger charge is -2.24. The van der Waals surface area contributed by atoms with Gasteiger partial charge >= 0.3 is 0 Å². The number of fused-ring (bicyclic) bond motifs is 1. The molecule has 0 bridgehead atoms. The zero-order chi connectivity index (χ0) is 30.1. The van der Waals surface area contributed by atoms with Crippen molar-refractivity contribution in [1.29, 1.82) is 0 Å². The Labute approximate surface area is 244 Å². The van der Waals surface area contributed by atoms with E-state index in [1.165, 1.54) is 17.0 Å². The molecule has 1 saturated heterocycles. The Morgan fingerprint density at radius 1 is 1.17 bits per heavy atom. The van der Waals surface area contributed by atoms with Crippen LogP contribution in [0.25, 0.3) is 16.6 Å². The highest BCUT2D eigenvalue weighted by Crippen LogP contribution is 2.23. The maximum absolute atomic E-state index is 13.4. The van der Waals surface area contributed by atoms with Crippen LogP contribution in [0, 0.1) is 11.8 Å². The van der Waals surface area contributed by atoms with Gasteiger partial charge in [0, 0.05) is 38.3 Å². The summed E-state index contributed by atoms with van der Waals surface area (Å²) in [5, 5.41) is 4.41. The molecule has 4 N–H and O–H groups in total. The first-order valence-electron chi connectivity index (χ1n) is 13.5. The molecule has 11 heteroatoms. The molecule has 1 fully saturated rings. The van der Waals surface area contributed by atoms with Gasteiger partial charge in [-0.25, -0.2) is 14.7 Å². The molecule has 1 aliphatic heterocycles. The van der Waals surface area contributed by atoms with E-state index in [9.17, 15) is 9.59 Å². The van der Waals surface area contributed by atoms with Crippen LogP contribution in [-0.4, -0.2) is 69.2 Å². The number of aliphatic imine (C=N–C) groups is 1. The van der Waals surface area contributed by atoms with E-state index < -0.39 is 5.91 Å². The zero-order valence-electron chi connectivity index (χ0n) is 23.8. The fourth-order valence-electron chi connectivity index (χ4n) is 4.51. The van der Waals surface area contributed by atoms with E-state index in [2.05, 4.69) is 33.4 Å². The summed E-state index contributed by atoms with van der Waals surface area (Å²) in [7, 11) is 1.62. The van der Waals surface area contributed by atoms with Crippen molar-refractivity contribution in [1.82, 2.24) is 24.2 Å². The lowest BCUT2D eigenvalue weighted by atomic mass is 10.1. The average Bonchev–Trinajstić information content (AvgIpc) is 3.29. The number of carbonyl (C=O) groups excluding carboxylic acids is 1. The van der Waals surface area contributed by atoms with Gasteiger partial charge in [0.1, 0.15) is 11.4 Å². The summed E-state index contributed by atoms with van der Waals surface area (Å²) < 4.78 is 8.46. The molecule has 5 rings (SSSR count). The summed E-state index contributed by atoms with van der Waals surface area (Å²) in [6, 6.07) is 15.4. The zero-order valence-corrected chi connectivity index (χ0v) is 23.8. The smallest absolute Gasteiger partial charge is 0.267 e. The SMILES string of the molecule is C=C/C=N\c1c(C(N)=O)c(N)nn1C.CCc1nc2cccc(C#CCN3CCOCC3)c2c(=O)n1-c1ccccc1. The molecule has 0 atom stereocenters. The predicted octanol–water partition coefficient (Wildman–Crippen LogP) is 2.62. The summed E-state index contributed by atoms with van der Waals surface area (Å²) in [6.07, 6.45) is 3.59. The molecule has 0 aliphatic carbocycles. The number of para-hydroxylation sites is 1. The summed E-state index contributed by atoms with van der Waals surface area (Å²) in [6.45, 7) is 9.44. The highest BCUT2D eigenvalue weighted by molar-refractivity contribution is 6.02. The Kier molecular flexibility index (Phi) is 9.99. The minimum Gasteiger partial charge on any atom is -0.381 e. The van der Waals surface area contributed by atoms with E-state index in [0.717, 1.165) is 43.4 Å². The van der Waals surface area contributed by atoms with E-state index in [0.29, 0.717) is 29.7 Å². The van der Waals surface area contributed by atoms with Crippen LogP contribution in [0.5, 0.6) is 0 Å². The van der Waals surface area contributed by atoms with Gasteiger partial charge in [0.2, 0.25) is 0 Å². The van der Waals surface area contributed by atoms with Gasteiger partial charge < -0.3 is 16.2 Å². The summed E-state index contributed by atoms with van der Waals surface area (Å²) in [5.41, 5.74) is 12.9. The lowest BCUT2D eigenvalue weighted by molar-refractivity contribution is 0.0443. The number of hydrogen-bond donors (Lipinski definition) is 2. The van der Waals surface area contributed by atoms with Crippen molar-refractivity contribution in [3.8, 4) is 17.5 Å². The fourth-order valence-corrected chi connectivity index (χ4v) is 4.51. The number of ether oxygens (including phenoxy) is 1. The van der Waals surface area contributed by atoms with Crippen LogP contribution >= 0.6 is 0 Å². The number of aryl methyl sites for hydroxylation is 2. The number of nitrogen functional groups attached to an aromatic ring is 1. The summed E-state index contributed by atoms with van der Waals surface area (Å²) >= 11 is 0. The van der Waals surface area contributed by atoms with Gasteiger partial charge in [-0.1, -0.05) is 55.7 Å². The monoisotopic (exact) mass is 566 g/mol. The first-order chi connectivity index (χ1) is 20.3. The van der Waals surface area contributed by atoms with Crippen molar-refractivity contribution < 1.29 is 9.53 Å². The molecule has 2 aromatic heterocycles. The van der Waals surface area contributed by atoms with Crippen LogP contribution in [0.4, 0.5) is 11.6 Å². The number of aromatic nitrogens is 4. The Balaban J connectivity index is 0.000000244. The normalized spacial score (nSPS) is 13.3. The number of nitrogens with two attached hydrogens (primary N) is 2. The van der Waals surface area contributed by atoms with Crippen LogP contribution in [0.15, 0.2) is 71.0 Å². The molecule has 1 amide bonds. The number of nitrogens with zero attached hydrogens (tertiary/aromatic N) is 6. The number of carbonyl (C=O) groups is 1. The third kappa shape index (κ3) is 6.80. The maximum Gasteiger partial charge on any atom is 0.267 e. The minimum absolute atomic E-state index is 0.0654. The molecule has 0 saturated carbocycles. The van der Waals surface area contributed by atoms with E-state index in [1.54, 1.807) is 11.6 Å². The Morgan fingerprint density at radius 3 is 2.57 bits per heavy atom. The molecule has 0 unspecified atom stereocenters. The largest absolute Gasteiger partial charge is 0.381 e. The van der Waals surface area contributed by atoms with Crippen LogP contribution in [0.2, 0.25) is 0 Å². The Morgan fingerprint density at radius 2 is 1.90 bits per heavy atom. The molecule has 0 radical (unpaired) electrons. The Bertz CT molecular complexity index is 1720. The molecule has 11 nitrogen and oxygen atoms in total. The van der Waals surface area contributed by atoms with Gasteiger partial charge in [0.25, 0.3) is 11.5 Å². The average molecular weight is 567 g/mol. The van der Waals surface area contributed by atoms with E-state index in [-0.39, 0.29) is 16.9 Å². The number of rotatable bonds is 6. The van der Waals surface area contributed by atoms with Gasteiger partial charge in [-0.2, -0.15) is 5.10 Å². The lowest BCUT2D eigenvalue weighted by Crippen LogP contribution is -2.36. The third-order valence-corrected chi connectivity index (χ3v) is 6.52. The van der Waals surface area contributed by atoms with E-state index in [1.807, 2.05) is 55.5 Å². The van der Waals surface area contributed by atoms with E-state index >= 15 is 0 Å². The van der Waals surface area contributed by atoms with Crippen LogP contribution in [0.1, 0.15) is 28.7 Å². The first-order valence-corrected chi connectivity index (χ1v) is 13.5. The molecule has 4 aromatic rings. The van der Waals surface area contributed by atoms with Gasteiger partial charge in [0.05, 0.1) is 36.3 Å². The molecule has 216 valence electrons. The van der Waals surface area contributed by atoms with Crippen molar-refractivity contribution in [2.45, 2.75) is 13.3 Å². The van der Waals surface area contributed by atoms with Crippen molar-refractivity contribution in [2.24, 2.45) is 17.8 Å². The standard InChI is InChI=1S/C23H23N3O2.C8H11N5O/c1-2-21-24-20-12-6-8-18(9-7-13-25-14-16-28-17-15-25)22(20)23(27)26(21)19-10-4-3-5-11-19;1-3-4-11-8-5(7(10)14)6(9)12-13(8)2/h3-6,8,10-12H,2,13-17H2,1H3;3-4H,1H2,2H3,(H2,9,12)(H2,10,14)/b;11-4-. The van der Waals surface area contributed by atoms with E-state index in [4.69, 9.17) is 21.2 Å². The molecule has 3 heterocycles. The number of morpholine rings is 1. The first kappa shape index (κ1) is 29.9. The second-order valence-corrected chi connectivity index (χ2v) is 9.33. The highest BCUT2D eigenvalue weighted by Gasteiger charge is 2.18. The quantitative estimate of drug-likeness (QED) is 0.269. The van der Waals surface area contributed by atoms with Crippen molar-refractivity contribution in [2.75, 3.05) is 38.6 Å². The van der Waals surface area contributed by atoms with Gasteiger partial charge in [-0.3, -0.25) is 19.1 Å². The number of hydrogen-bond acceptors (Lipinski definition) is 8. The number of allylic oxidation sites excluding steroid dienone is 1. The molecular weight excluding hydrogens is 532 g/mol. The molecule has 1 aliphatic rings. The second-order valence-electron chi connectivity index (χ2n) is 9.33. The molecule has 2 aromatic carbocycles. The molecule has 42 heavy (non-hydrogen) atoms. The maximum atomic E-state index is 13.4. The minimum atomic E-state index is -0.646. The van der Waals surface area contributed by atoms with Crippen LogP contribution < -0.4 is 17.0 Å². The number of primary amides is 1. The number of amides is 1. The summed E-state index contributed by atoms with van der Waals surface area (Å²) in [4.78, 5) is 35.4. The molecular formula is C31H34N8O3. The van der Waals surface area contributed by atoms with Crippen molar-refractivity contribution >= 4 is 34.7 Å². The van der Waals surface area contributed by atoms with Gasteiger partial charge in [-0.05, 0) is 24.3 Å². The van der Waals surface area contributed by atoms with Gasteiger partial charge in [0.15, 0.2) is 11.6 Å². The van der Waals surface area contributed by atoms with Crippen molar-refractivity contribution in [3.63, 3.8) is 0 Å². The number of anilines is 1.